The van der Waals surface area contributed by atoms with Crippen LogP contribution in [0, 0.1) is 0 Å². The molecule has 0 unspecified atom stereocenters. The fourth-order valence-corrected chi connectivity index (χ4v) is 2.11. The summed E-state index contributed by atoms with van der Waals surface area (Å²) in [5.74, 6) is -0.349. The second kappa shape index (κ2) is 5.25. The highest BCUT2D eigenvalue weighted by Gasteiger charge is 2.28. The lowest BCUT2D eigenvalue weighted by molar-refractivity contribution is -0.922. The van der Waals surface area contributed by atoms with Gasteiger partial charge in [-0.25, -0.2) is 0 Å². The molecule has 0 aromatic carbocycles. The standard InChI is InChI=1S/C12H21N2O2/c1-4-14(5-2,6-3)10-9-13-11(15)7-8-12(13)16/h7-8H,4-6,9-10H2,1-3H3/q+1. The van der Waals surface area contributed by atoms with Crippen molar-refractivity contribution < 1.29 is 14.1 Å². The van der Waals surface area contributed by atoms with Gasteiger partial charge in [0.15, 0.2) is 0 Å². The number of rotatable bonds is 6. The smallest absolute Gasteiger partial charge is 0.253 e. The highest BCUT2D eigenvalue weighted by molar-refractivity contribution is 6.12. The number of imide groups is 1. The number of carbonyl (C=O) groups is 2. The van der Waals surface area contributed by atoms with Crippen LogP contribution in [0.2, 0.25) is 0 Å². The average Bonchev–Trinajstić information content (AvgIpc) is 2.62. The molecular formula is C12H21N2O2+. The van der Waals surface area contributed by atoms with Crippen molar-refractivity contribution in [1.82, 2.24) is 4.90 Å². The molecule has 1 heterocycles. The largest absolute Gasteiger partial charge is 0.323 e. The van der Waals surface area contributed by atoms with E-state index in [9.17, 15) is 9.59 Å². The number of carbonyl (C=O) groups excluding carboxylic acids is 2. The first-order chi connectivity index (χ1) is 7.58. The summed E-state index contributed by atoms with van der Waals surface area (Å²) in [5.41, 5.74) is 0. The molecule has 0 atom stereocenters. The minimum absolute atomic E-state index is 0.175. The van der Waals surface area contributed by atoms with Gasteiger partial charge in [0.25, 0.3) is 11.8 Å². The molecule has 0 fully saturated rings. The number of likely N-dealkylation sites (N-methyl/N-ethyl adjacent to an activating group) is 1. The SMILES string of the molecule is CC[N+](CC)(CC)CCN1C(=O)C=CC1=O. The number of quaternary nitrogens is 1. The highest BCUT2D eigenvalue weighted by Crippen LogP contribution is 2.09. The lowest BCUT2D eigenvalue weighted by Crippen LogP contribution is -2.52. The predicted octanol–water partition coefficient (Wildman–Crippen LogP) is 0.788. The van der Waals surface area contributed by atoms with Crippen LogP contribution in [0.4, 0.5) is 0 Å². The Morgan fingerprint density at radius 2 is 1.44 bits per heavy atom. The summed E-state index contributed by atoms with van der Waals surface area (Å²) in [5, 5.41) is 0. The van der Waals surface area contributed by atoms with Gasteiger partial charge in [0.05, 0.1) is 32.7 Å². The number of hydrogen-bond donors (Lipinski definition) is 0. The van der Waals surface area contributed by atoms with E-state index in [1.165, 1.54) is 17.1 Å². The summed E-state index contributed by atoms with van der Waals surface area (Å²) in [6.45, 7) is 10.9. The van der Waals surface area contributed by atoms with Gasteiger partial charge in [-0.2, -0.15) is 0 Å². The van der Waals surface area contributed by atoms with Gasteiger partial charge in [-0.05, 0) is 20.8 Å². The molecule has 1 rings (SSSR count). The van der Waals surface area contributed by atoms with Crippen molar-refractivity contribution in [2.45, 2.75) is 20.8 Å². The van der Waals surface area contributed by atoms with Crippen molar-refractivity contribution >= 4 is 11.8 Å². The van der Waals surface area contributed by atoms with Crippen LogP contribution in [0.5, 0.6) is 0 Å². The molecule has 16 heavy (non-hydrogen) atoms. The van der Waals surface area contributed by atoms with Crippen molar-refractivity contribution in [3.8, 4) is 0 Å². The first-order valence-corrected chi connectivity index (χ1v) is 5.97. The van der Waals surface area contributed by atoms with Crippen LogP contribution >= 0.6 is 0 Å². The van der Waals surface area contributed by atoms with Gasteiger partial charge in [0.1, 0.15) is 0 Å². The van der Waals surface area contributed by atoms with E-state index in [2.05, 4.69) is 20.8 Å². The fourth-order valence-electron chi connectivity index (χ4n) is 2.11. The lowest BCUT2D eigenvalue weighted by atomic mass is 10.3. The molecule has 0 aromatic heterocycles. The molecule has 4 nitrogen and oxygen atoms in total. The third-order valence-corrected chi connectivity index (χ3v) is 3.71. The Morgan fingerprint density at radius 3 is 1.81 bits per heavy atom. The molecule has 0 saturated heterocycles. The molecule has 2 amide bonds. The Hall–Kier alpha value is -1.16. The summed E-state index contributed by atoms with van der Waals surface area (Å²) in [4.78, 5) is 24.1. The topological polar surface area (TPSA) is 37.4 Å². The molecule has 0 aliphatic carbocycles. The molecule has 90 valence electrons. The zero-order chi connectivity index (χ0) is 12.2. The molecule has 4 heteroatoms. The number of amides is 2. The van der Waals surface area contributed by atoms with Crippen molar-refractivity contribution in [2.75, 3.05) is 32.7 Å². The van der Waals surface area contributed by atoms with Crippen molar-refractivity contribution in [3.05, 3.63) is 12.2 Å². The van der Waals surface area contributed by atoms with Gasteiger partial charge in [-0.15, -0.1) is 0 Å². The van der Waals surface area contributed by atoms with Crippen LogP contribution < -0.4 is 0 Å². The molecule has 0 spiro atoms. The maximum Gasteiger partial charge on any atom is 0.253 e. The van der Waals surface area contributed by atoms with Crippen LogP contribution in [-0.2, 0) is 9.59 Å². The van der Waals surface area contributed by atoms with Crippen LogP contribution in [0.15, 0.2) is 12.2 Å². The molecule has 0 radical (unpaired) electrons. The second-order valence-electron chi connectivity index (χ2n) is 4.18. The van der Waals surface area contributed by atoms with E-state index in [0.717, 1.165) is 30.7 Å². The maximum atomic E-state index is 11.4. The molecule has 0 aromatic rings. The Kier molecular flexibility index (Phi) is 4.24. The van der Waals surface area contributed by atoms with Crippen molar-refractivity contribution in [3.63, 3.8) is 0 Å². The van der Waals surface area contributed by atoms with E-state index in [1.54, 1.807) is 0 Å². The normalized spacial score (nSPS) is 16.3. The van der Waals surface area contributed by atoms with Crippen LogP contribution in [0.1, 0.15) is 20.8 Å². The number of nitrogens with zero attached hydrogens (tertiary/aromatic N) is 2. The van der Waals surface area contributed by atoms with Crippen LogP contribution in [-0.4, -0.2) is 53.9 Å². The molecule has 0 N–H and O–H groups in total. The third-order valence-electron chi connectivity index (χ3n) is 3.71. The Balaban J connectivity index is 2.56. The average molecular weight is 225 g/mol. The first-order valence-electron chi connectivity index (χ1n) is 5.97. The van der Waals surface area contributed by atoms with Crippen LogP contribution in [0.3, 0.4) is 0 Å². The lowest BCUT2D eigenvalue weighted by Gasteiger charge is -2.36. The van der Waals surface area contributed by atoms with Gasteiger partial charge >= 0.3 is 0 Å². The van der Waals surface area contributed by atoms with E-state index in [1.807, 2.05) is 0 Å². The summed E-state index contributed by atoms with van der Waals surface area (Å²) in [7, 11) is 0. The van der Waals surface area contributed by atoms with Crippen molar-refractivity contribution in [2.24, 2.45) is 0 Å². The first kappa shape index (κ1) is 12.9. The van der Waals surface area contributed by atoms with Gasteiger partial charge in [0.2, 0.25) is 0 Å². The Morgan fingerprint density at radius 1 is 1.00 bits per heavy atom. The van der Waals surface area contributed by atoms with E-state index in [-0.39, 0.29) is 11.8 Å². The van der Waals surface area contributed by atoms with E-state index < -0.39 is 0 Å². The summed E-state index contributed by atoms with van der Waals surface area (Å²) < 4.78 is 0.955. The summed E-state index contributed by atoms with van der Waals surface area (Å²) >= 11 is 0. The summed E-state index contributed by atoms with van der Waals surface area (Å²) in [6.07, 6.45) is 2.70. The monoisotopic (exact) mass is 225 g/mol. The quantitative estimate of drug-likeness (QED) is 0.495. The second-order valence-corrected chi connectivity index (χ2v) is 4.18. The van der Waals surface area contributed by atoms with Gasteiger partial charge < -0.3 is 4.48 Å². The van der Waals surface area contributed by atoms with E-state index in [0.29, 0.717) is 6.54 Å². The van der Waals surface area contributed by atoms with Gasteiger partial charge in [-0.3, -0.25) is 14.5 Å². The highest BCUT2D eigenvalue weighted by atomic mass is 16.2. The van der Waals surface area contributed by atoms with Gasteiger partial charge in [-0.1, -0.05) is 0 Å². The molecule has 1 aliphatic heterocycles. The zero-order valence-electron chi connectivity index (χ0n) is 10.4. The molecule has 0 bridgehead atoms. The van der Waals surface area contributed by atoms with E-state index in [4.69, 9.17) is 0 Å². The molecular weight excluding hydrogens is 204 g/mol. The zero-order valence-corrected chi connectivity index (χ0v) is 10.4. The minimum Gasteiger partial charge on any atom is -0.323 e. The third kappa shape index (κ3) is 2.50. The fraction of sp³-hybridized carbons (Fsp3) is 0.667. The van der Waals surface area contributed by atoms with Gasteiger partial charge in [0, 0.05) is 12.2 Å². The Bertz CT molecular complexity index is 280. The summed E-state index contributed by atoms with van der Waals surface area (Å²) in [6, 6.07) is 0. The molecule has 1 aliphatic rings. The maximum absolute atomic E-state index is 11.4. The Labute approximate surface area is 97.1 Å². The minimum atomic E-state index is -0.175. The molecule has 0 saturated carbocycles. The predicted molar refractivity (Wildman–Crippen MR) is 62.6 cm³/mol. The van der Waals surface area contributed by atoms with Crippen LogP contribution in [0.25, 0.3) is 0 Å². The van der Waals surface area contributed by atoms with E-state index >= 15 is 0 Å². The van der Waals surface area contributed by atoms with Crippen molar-refractivity contribution in [1.29, 1.82) is 0 Å². The number of hydrogen-bond acceptors (Lipinski definition) is 2.